The number of hydrogen-bond acceptors (Lipinski definition) is 4. The number of carbonyl (C=O) groups excluding carboxylic acids is 2. The number of nitrogens with zero attached hydrogens (tertiary/aromatic N) is 1. The van der Waals surface area contributed by atoms with Crippen LogP contribution in [-0.4, -0.2) is 35.4 Å². The lowest BCUT2D eigenvalue weighted by Gasteiger charge is -2.26. The molecule has 1 aliphatic carbocycles. The molecular formula is C18H21ClN2O3. The summed E-state index contributed by atoms with van der Waals surface area (Å²) in [5.41, 5.74) is 1.27. The number of pyridine rings is 1. The number of benzene rings is 1. The Bertz CT molecular complexity index is 720. The van der Waals surface area contributed by atoms with E-state index in [1.54, 1.807) is 24.4 Å². The number of aromatic nitrogens is 1. The SMILES string of the molecule is CO.O=CC1CCCC(NC(=O)c2ccc3c(Cl)ccnc3c2)C1. The van der Waals surface area contributed by atoms with Gasteiger partial charge >= 0.3 is 0 Å². The molecule has 1 saturated carbocycles. The lowest BCUT2D eigenvalue weighted by Crippen LogP contribution is -2.38. The summed E-state index contributed by atoms with van der Waals surface area (Å²) < 4.78 is 0. The van der Waals surface area contributed by atoms with Gasteiger partial charge in [0, 0.05) is 36.2 Å². The predicted octanol–water partition coefficient (Wildman–Crippen LogP) is 2.98. The van der Waals surface area contributed by atoms with Gasteiger partial charge in [-0.2, -0.15) is 0 Å². The molecule has 3 rings (SSSR count). The van der Waals surface area contributed by atoms with Gasteiger partial charge in [-0.3, -0.25) is 9.78 Å². The molecule has 1 aromatic carbocycles. The van der Waals surface area contributed by atoms with Crippen LogP contribution in [0.3, 0.4) is 0 Å². The minimum absolute atomic E-state index is 0.0659. The largest absolute Gasteiger partial charge is 0.400 e. The van der Waals surface area contributed by atoms with Gasteiger partial charge < -0.3 is 15.2 Å². The third-order valence-electron chi connectivity index (χ3n) is 4.19. The first-order valence-electron chi connectivity index (χ1n) is 7.92. The van der Waals surface area contributed by atoms with Gasteiger partial charge in [0.05, 0.1) is 10.5 Å². The molecule has 2 unspecified atom stereocenters. The van der Waals surface area contributed by atoms with Crippen molar-refractivity contribution in [2.45, 2.75) is 31.7 Å². The molecule has 2 aromatic rings. The van der Waals surface area contributed by atoms with Crippen molar-refractivity contribution in [3.8, 4) is 0 Å². The average molecular weight is 349 g/mol. The summed E-state index contributed by atoms with van der Waals surface area (Å²) in [5.74, 6) is -0.0589. The number of nitrogens with one attached hydrogen (secondary N) is 1. The summed E-state index contributed by atoms with van der Waals surface area (Å²) in [4.78, 5) is 27.5. The maximum atomic E-state index is 12.4. The standard InChI is InChI=1S/C17H17ClN2O2.CH4O/c18-15-6-7-19-16-9-12(4-5-14(15)16)17(22)20-13-3-1-2-11(8-13)10-21;1-2/h4-7,9-11,13H,1-3,8H2,(H,20,22);2H,1H3. The van der Waals surface area contributed by atoms with Gasteiger partial charge in [0.25, 0.3) is 5.91 Å². The van der Waals surface area contributed by atoms with Crippen LogP contribution in [0.1, 0.15) is 36.0 Å². The number of aliphatic hydroxyl groups excluding tert-OH is 1. The zero-order chi connectivity index (χ0) is 17.5. The number of fused-ring (bicyclic) bond motifs is 1. The number of aliphatic hydroxyl groups is 1. The molecule has 2 atom stereocenters. The van der Waals surface area contributed by atoms with E-state index in [9.17, 15) is 9.59 Å². The molecule has 5 nitrogen and oxygen atoms in total. The Kier molecular flexibility index (Phi) is 6.70. The molecule has 0 bridgehead atoms. The molecule has 2 N–H and O–H groups in total. The molecule has 1 fully saturated rings. The smallest absolute Gasteiger partial charge is 0.251 e. The Morgan fingerprint density at radius 1 is 1.33 bits per heavy atom. The molecule has 0 radical (unpaired) electrons. The van der Waals surface area contributed by atoms with Gasteiger partial charge in [-0.1, -0.05) is 24.1 Å². The maximum Gasteiger partial charge on any atom is 0.251 e. The van der Waals surface area contributed by atoms with Crippen molar-refractivity contribution in [2.24, 2.45) is 5.92 Å². The fraction of sp³-hybridized carbons (Fsp3) is 0.389. The number of halogens is 1. The van der Waals surface area contributed by atoms with Crippen LogP contribution >= 0.6 is 11.6 Å². The molecule has 1 aliphatic rings. The number of carbonyl (C=O) groups is 2. The van der Waals surface area contributed by atoms with Gasteiger partial charge in [0.1, 0.15) is 6.29 Å². The van der Waals surface area contributed by atoms with Crippen molar-refractivity contribution in [1.29, 1.82) is 0 Å². The van der Waals surface area contributed by atoms with Crippen molar-refractivity contribution in [3.63, 3.8) is 0 Å². The van der Waals surface area contributed by atoms with E-state index in [2.05, 4.69) is 10.3 Å². The van der Waals surface area contributed by atoms with Gasteiger partial charge in [-0.05, 0) is 37.5 Å². The second-order valence-corrected chi connectivity index (χ2v) is 6.17. The molecule has 0 saturated heterocycles. The van der Waals surface area contributed by atoms with Crippen molar-refractivity contribution in [3.05, 3.63) is 41.0 Å². The van der Waals surface area contributed by atoms with Crippen LogP contribution in [0.4, 0.5) is 0 Å². The molecule has 0 aliphatic heterocycles. The topological polar surface area (TPSA) is 79.3 Å². The van der Waals surface area contributed by atoms with E-state index in [0.717, 1.165) is 44.5 Å². The molecule has 0 spiro atoms. The Morgan fingerprint density at radius 2 is 2.12 bits per heavy atom. The summed E-state index contributed by atoms with van der Waals surface area (Å²) in [6.45, 7) is 0. The average Bonchev–Trinajstić information content (AvgIpc) is 2.63. The third-order valence-corrected chi connectivity index (χ3v) is 4.52. The second kappa shape index (κ2) is 8.76. The summed E-state index contributed by atoms with van der Waals surface area (Å²) in [7, 11) is 1.00. The lowest BCUT2D eigenvalue weighted by atomic mass is 9.86. The molecule has 1 heterocycles. The number of rotatable bonds is 3. The van der Waals surface area contributed by atoms with E-state index in [0.29, 0.717) is 16.1 Å². The fourth-order valence-corrected chi connectivity index (χ4v) is 3.22. The van der Waals surface area contributed by atoms with E-state index >= 15 is 0 Å². The van der Waals surface area contributed by atoms with E-state index < -0.39 is 0 Å². The van der Waals surface area contributed by atoms with Gasteiger partial charge in [-0.15, -0.1) is 0 Å². The summed E-state index contributed by atoms with van der Waals surface area (Å²) in [6.07, 6.45) is 6.18. The monoisotopic (exact) mass is 348 g/mol. The Balaban J connectivity index is 0.00000100. The first-order valence-corrected chi connectivity index (χ1v) is 8.30. The molecule has 128 valence electrons. The van der Waals surface area contributed by atoms with Crippen LogP contribution in [-0.2, 0) is 4.79 Å². The van der Waals surface area contributed by atoms with Gasteiger partial charge in [-0.25, -0.2) is 0 Å². The van der Waals surface area contributed by atoms with E-state index in [-0.39, 0.29) is 17.9 Å². The molecular weight excluding hydrogens is 328 g/mol. The third kappa shape index (κ3) is 4.30. The summed E-state index contributed by atoms with van der Waals surface area (Å²) in [5, 5.41) is 11.5. The highest BCUT2D eigenvalue weighted by Crippen LogP contribution is 2.24. The Morgan fingerprint density at radius 3 is 2.88 bits per heavy atom. The quantitative estimate of drug-likeness (QED) is 0.836. The minimum Gasteiger partial charge on any atom is -0.400 e. The first-order chi connectivity index (χ1) is 11.7. The van der Waals surface area contributed by atoms with Crippen molar-refractivity contribution in [1.82, 2.24) is 10.3 Å². The highest BCUT2D eigenvalue weighted by atomic mass is 35.5. The molecule has 1 aromatic heterocycles. The maximum absolute atomic E-state index is 12.4. The summed E-state index contributed by atoms with van der Waals surface area (Å²) in [6, 6.07) is 7.11. The lowest BCUT2D eigenvalue weighted by molar-refractivity contribution is -0.112. The summed E-state index contributed by atoms with van der Waals surface area (Å²) >= 11 is 6.10. The number of amides is 1. The second-order valence-electron chi connectivity index (χ2n) is 5.76. The van der Waals surface area contributed by atoms with Crippen LogP contribution in [0.2, 0.25) is 5.02 Å². The molecule has 24 heavy (non-hydrogen) atoms. The molecule has 1 amide bonds. The van der Waals surface area contributed by atoms with Crippen LogP contribution in [0.15, 0.2) is 30.5 Å². The van der Waals surface area contributed by atoms with Crippen molar-refractivity contribution < 1.29 is 14.7 Å². The number of hydrogen-bond donors (Lipinski definition) is 2. The zero-order valence-electron chi connectivity index (χ0n) is 13.5. The number of aldehydes is 1. The van der Waals surface area contributed by atoms with Crippen LogP contribution in [0.5, 0.6) is 0 Å². The normalized spacial score (nSPS) is 20.0. The van der Waals surface area contributed by atoms with Crippen LogP contribution < -0.4 is 5.32 Å². The Labute approximate surface area is 146 Å². The van der Waals surface area contributed by atoms with Crippen molar-refractivity contribution in [2.75, 3.05) is 7.11 Å². The first kappa shape index (κ1) is 18.4. The highest BCUT2D eigenvalue weighted by Gasteiger charge is 2.23. The fourth-order valence-electron chi connectivity index (χ4n) is 3.01. The van der Waals surface area contributed by atoms with E-state index in [1.165, 1.54) is 0 Å². The zero-order valence-corrected chi connectivity index (χ0v) is 14.3. The minimum atomic E-state index is -0.125. The van der Waals surface area contributed by atoms with E-state index in [1.807, 2.05) is 6.07 Å². The Hall–Kier alpha value is -1.98. The van der Waals surface area contributed by atoms with Crippen molar-refractivity contribution >= 4 is 34.7 Å². The van der Waals surface area contributed by atoms with Gasteiger partial charge in [0.2, 0.25) is 0 Å². The van der Waals surface area contributed by atoms with Crippen LogP contribution in [0, 0.1) is 5.92 Å². The van der Waals surface area contributed by atoms with E-state index in [4.69, 9.17) is 16.7 Å². The van der Waals surface area contributed by atoms with Crippen LogP contribution in [0.25, 0.3) is 10.9 Å². The van der Waals surface area contributed by atoms with Gasteiger partial charge in [0.15, 0.2) is 0 Å². The molecule has 6 heteroatoms. The predicted molar refractivity (Wildman–Crippen MR) is 94.2 cm³/mol. The highest BCUT2D eigenvalue weighted by molar-refractivity contribution is 6.35.